The maximum atomic E-state index is 12.4. The number of aromatic nitrogens is 2. The Morgan fingerprint density at radius 1 is 1.42 bits per heavy atom. The van der Waals surface area contributed by atoms with E-state index >= 15 is 0 Å². The molecule has 24 heavy (non-hydrogen) atoms. The molecule has 6 nitrogen and oxygen atoms in total. The molecule has 0 aliphatic heterocycles. The van der Waals surface area contributed by atoms with Crippen molar-refractivity contribution in [1.82, 2.24) is 9.97 Å². The Balaban J connectivity index is 2.07. The van der Waals surface area contributed by atoms with Crippen LogP contribution in [0.3, 0.4) is 0 Å². The van der Waals surface area contributed by atoms with Crippen molar-refractivity contribution in [3.8, 4) is 5.75 Å². The number of methoxy groups -OCH3 is 1. The van der Waals surface area contributed by atoms with E-state index in [4.69, 9.17) is 4.74 Å². The predicted octanol–water partition coefficient (Wildman–Crippen LogP) is 2.85. The number of hydrogen-bond acceptors (Lipinski definition) is 5. The molecule has 1 heterocycles. The number of nitrogens with zero attached hydrogens (tertiary/aromatic N) is 1. The van der Waals surface area contributed by atoms with Gasteiger partial charge in [-0.15, -0.1) is 0 Å². The Morgan fingerprint density at radius 2 is 2.17 bits per heavy atom. The van der Waals surface area contributed by atoms with Crippen molar-refractivity contribution in [3.05, 3.63) is 46.4 Å². The number of aromatic amines is 1. The molecule has 0 bridgehead atoms. The second-order valence-corrected chi connectivity index (χ2v) is 6.57. The van der Waals surface area contributed by atoms with E-state index < -0.39 is 5.25 Å². The molecule has 7 heteroatoms. The normalized spacial score (nSPS) is 11.8. The Hall–Kier alpha value is -2.28. The molecule has 0 fully saturated rings. The van der Waals surface area contributed by atoms with Crippen LogP contribution in [0.2, 0.25) is 0 Å². The van der Waals surface area contributed by atoms with Gasteiger partial charge >= 0.3 is 0 Å². The Morgan fingerprint density at radius 3 is 2.88 bits per heavy atom. The molecule has 128 valence electrons. The SMILES string of the molecule is CCCc1cc(=O)[nH]c(S[C@@H](C)C(=O)Nc2ccccc2OC)n1. The van der Waals surface area contributed by atoms with Gasteiger partial charge in [-0.2, -0.15) is 0 Å². The van der Waals surface area contributed by atoms with Crippen LogP contribution in [0.5, 0.6) is 5.75 Å². The Bertz CT molecular complexity index is 761. The second-order valence-electron chi connectivity index (χ2n) is 5.24. The molecule has 0 unspecified atom stereocenters. The van der Waals surface area contributed by atoms with Crippen molar-refractivity contribution in [3.63, 3.8) is 0 Å². The summed E-state index contributed by atoms with van der Waals surface area (Å²) in [5, 5.41) is 2.86. The number of benzene rings is 1. The third-order valence-electron chi connectivity index (χ3n) is 3.30. The van der Waals surface area contributed by atoms with Crippen molar-refractivity contribution in [2.45, 2.75) is 37.1 Å². The highest BCUT2D eigenvalue weighted by atomic mass is 32.2. The van der Waals surface area contributed by atoms with Crippen LogP contribution >= 0.6 is 11.8 Å². The first kappa shape index (κ1) is 18.1. The van der Waals surface area contributed by atoms with E-state index in [0.29, 0.717) is 16.6 Å². The number of para-hydroxylation sites is 2. The summed E-state index contributed by atoms with van der Waals surface area (Å²) in [5.74, 6) is 0.410. The molecule has 1 atom stereocenters. The number of nitrogens with one attached hydrogen (secondary N) is 2. The summed E-state index contributed by atoms with van der Waals surface area (Å²) in [7, 11) is 1.55. The van der Waals surface area contributed by atoms with Crippen molar-refractivity contribution in [1.29, 1.82) is 0 Å². The van der Waals surface area contributed by atoms with Gasteiger partial charge in [0.1, 0.15) is 5.75 Å². The molecule has 0 aliphatic carbocycles. The smallest absolute Gasteiger partial charge is 0.251 e. The highest BCUT2D eigenvalue weighted by molar-refractivity contribution is 8.00. The van der Waals surface area contributed by atoms with Gasteiger partial charge in [0, 0.05) is 11.8 Å². The molecule has 0 saturated heterocycles. The number of rotatable bonds is 7. The van der Waals surface area contributed by atoms with E-state index in [1.807, 2.05) is 19.1 Å². The maximum Gasteiger partial charge on any atom is 0.251 e. The average Bonchev–Trinajstić information content (AvgIpc) is 2.55. The van der Waals surface area contributed by atoms with Gasteiger partial charge in [0.15, 0.2) is 5.16 Å². The van der Waals surface area contributed by atoms with Gasteiger partial charge < -0.3 is 15.0 Å². The number of carbonyl (C=O) groups is 1. The molecule has 1 aromatic carbocycles. The summed E-state index contributed by atoms with van der Waals surface area (Å²) < 4.78 is 5.22. The van der Waals surface area contributed by atoms with Crippen molar-refractivity contribution in [2.24, 2.45) is 0 Å². The van der Waals surface area contributed by atoms with Crippen LogP contribution in [0.25, 0.3) is 0 Å². The molecule has 1 amide bonds. The number of aryl methyl sites for hydroxylation is 1. The van der Waals surface area contributed by atoms with Gasteiger partial charge in [-0.25, -0.2) is 4.98 Å². The number of thioether (sulfide) groups is 1. The molecular weight excluding hydrogens is 326 g/mol. The molecule has 2 N–H and O–H groups in total. The molecular formula is C17H21N3O3S. The van der Waals surface area contributed by atoms with Crippen molar-refractivity contribution < 1.29 is 9.53 Å². The van der Waals surface area contributed by atoms with E-state index in [9.17, 15) is 9.59 Å². The lowest BCUT2D eigenvalue weighted by molar-refractivity contribution is -0.115. The van der Waals surface area contributed by atoms with E-state index in [0.717, 1.165) is 18.5 Å². The summed E-state index contributed by atoms with van der Waals surface area (Å²) in [6.07, 6.45) is 1.64. The van der Waals surface area contributed by atoms with Gasteiger partial charge in [-0.1, -0.05) is 37.2 Å². The topological polar surface area (TPSA) is 84.1 Å². The van der Waals surface area contributed by atoms with Crippen molar-refractivity contribution in [2.75, 3.05) is 12.4 Å². The third-order valence-corrected chi connectivity index (χ3v) is 4.29. The third kappa shape index (κ3) is 4.86. The number of amides is 1. The van der Waals surface area contributed by atoms with Crippen LogP contribution < -0.4 is 15.6 Å². The molecule has 0 spiro atoms. The molecule has 2 aromatic rings. The van der Waals surface area contributed by atoms with Gasteiger partial charge in [-0.3, -0.25) is 9.59 Å². The van der Waals surface area contributed by atoms with Crippen LogP contribution in [0.15, 0.2) is 40.3 Å². The maximum absolute atomic E-state index is 12.4. The number of ether oxygens (including phenoxy) is 1. The summed E-state index contributed by atoms with van der Waals surface area (Å²) in [4.78, 5) is 31.1. The van der Waals surface area contributed by atoms with Gasteiger partial charge in [0.05, 0.1) is 18.0 Å². The summed E-state index contributed by atoms with van der Waals surface area (Å²) >= 11 is 1.22. The van der Waals surface area contributed by atoms with E-state index in [2.05, 4.69) is 15.3 Å². The Kier molecular flexibility index (Phi) is 6.43. The van der Waals surface area contributed by atoms with Gasteiger partial charge in [0.2, 0.25) is 5.91 Å². The fraction of sp³-hybridized carbons (Fsp3) is 0.353. The summed E-state index contributed by atoms with van der Waals surface area (Å²) in [6.45, 7) is 3.79. The standard InChI is InChI=1S/C17H21N3O3S/c1-4-7-12-10-15(21)20-17(18-12)24-11(2)16(22)19-13-8-5-6-9-14(13)23-3/h5-6,8-11H,4,7H2,1-3H3,(H,19,22)(H,18,20,21)/t11-/m0/s1. The van der Waals surface area contributed by atoms with E-state index in [-0.39, 0.29) is 11.5 Å². The highest BCUT2D eigenvalue weighted by Crippen LogP contribution is 2.25. The molecule has 2 rings (SSSR count). The number of carbonyl (C=O) groups excluding carboxylic acids is 1. The van der Waals surface area contributed by atoms with Crippen molar-refractivity contribution >= 4 is 23.4 Å². The number of H-pyrrole nitrogens is 1. The van der Waals surface area contributed by atoms with Crippen LogP contribution in [0, 0.1) is 0 Å². The van der Waals surface area contributed by atoms with Crippen LogP contribution in [0.1, 0.15) is 26.0 Å². The average molecular weight is 347 g/mol. The van der Waals surface area contributed by atoms with E-state index in [1.54, 1.807) is 26.2 Å². The first-order chi connectivity index (χ1) is 11.5. The molecule has 0 radical (unpaired) electrons. The largest absolute Gasteiger partial charge is 0.495 e. The minimum atomic E-state index is -0.421. The van der Waals surface area contributed by atoms with Crippen LogP contribution in [-0.4, -0.2) is 28.2 Å². The number of anilines is 1. The summed E-state index contributed by atoms with van der Waals surface area (Å²) in [5.41, 5.74) is 1.15. The highest BCUT2D eigenvalue weighted by Gasteiger charge is 2.17. The van der Waals surface area contributed by atoms with Gasteiger partial charge in [0.25, 0.3) is 5.56 Å². The summed E-state index contributed by atoms with van der Waals surface area (Å²) in [6, 6.07) is 8.70. The molecule has 1 aromatic heterocycles. The fourth-order valence-corrected chi connectivity index (χ4v) is 2.96. The van der Waals surface area contributed by atoms with E-state index in [1.165, 1.54) is 17.8 Å². The zero-order chi connectivity index (χ0) is 17.5. The number of hydrogen-bond donors (Lipinski definition) is 2. The minimum absolute atomic E-state index is 0.187. The zero-order valence-corrected chi connectivity index (χ0v) is 14.8. The quantitative estimate of drug-likeness (QED) is 0.594. The monoisotopic (exact) mass is 347 g/mol. The predicted molar refractivity (Wildman–Crippen MR) is 95.8 cm³/mol. The molecule has 0 aliphatic rings. The first-order valence-electron chi connectivity index (χ1n) is 7.74. The lowest BCUT2D eigenvalue weighted by Gasteiger charge is -2.13. The lowest BCUT2D eigenvalue weighted by atomic mass is 10.2. The van der Waals surface area contributed by atoms with Crippen LogP contribution in [0.4, 0.5) is 5.69 Å². The Labute approximate surface area is 145 Å². The fourth-order valence-electron chi connectivity index (χ4n) is 2.13. The first-order valence-corrected chi connectivity index (χ1v) is 8.62. The van der Waals surface area contributed by atoms with Gasteiger partial charge in [-0.05, 0) is 25.5 Å². The lowest BCUT2D eigenvalue weighted by Crippen LogP contribution is -2.23. The minimum Gasteiger partial charge on any atom is -0.495 e. The second kappa shape index (κ2) is 8.54. The zero-order valence-electron chi connectivity index (χ0n) is 14.0. The molecule has 0 saturated carbocycles. The van der Waals surface area contributed by atoms with Crippen LogP contribution in [-0.2, 0) is 11.2 Å².